The predicted molar refractivity (Wildman–Crippen MR) is 132 cm³/mol. The third-order valence-corrected chi connectivity index (χ3v) is 5.19. The van der Waals surface area contributed by atoms with Gasteiger partial charge < -0.3 is 15.7 Å². The van der Waals surface area contributed by atoms with Gasteiger partial charge >= 0.3 is 0 Å². The zero-order chi connectivity index (χ0) is 23.6. The monoisotopic (exact) mass is 488 g/mol. The molecule has 0 aliphatic carbocycles. The largest absolute Gasteiger partial charge is 0.393 e. The molecule has 1 aliphatic rings. The summed E-state index contributed by atoms with van der Waals surface area (Å²) in [6, 6.07) is 11.1. The van der Waals surface area contributed by atoms with Crippen LogP contribution in [0.25, 0.3) is 0 Å². The first-order valence-electron chi connectivity index (χ1n) is 9.80. The Hall–Kier alpha value is -1.50. The van der Waals surface area contributed by atoms with E-state index in [9.17, 15) is 18.9 Å². The smallest absolute Gasteiger partial charge is 0.192 e. The summed E-state index contributed by atoms with van der Waals surface area (Å²) in [6.45, 7) is 4.11. The van der Waals surface area contributed by atoms with E-state index in [2.05, 4.69) is 30.2 Å². The van der Waals surface area contributed by atoms with Gasteiger partial charge in [0, 0.05) is 30.1 Å². The quantitative estimate of drug-likeness (QED) is 0.281. The van der Waals surface area contributed by atoms with Crippen LogP contribution in [-0.2, 0) is 4.57 Å². The molecule has 0 radical (unpaired) electrons. The van der Waals surface area contributed by atoms with E-state index in [-0.39, 0.29) is 25.4 Å². The number of anilines is 1. The average Bonchev–Trinajstić information content (AvgIpc) is 2.83. The molecule has 0 saturated carbocycles. The maximum Gasteiger partial charge on any atom is 0.192 e. The Kier molecular flexibility index (Phi) is 17.2. The summed E-state index contributed by atoms with van der Waals surface area (Å²) in [5, 5.41) is 16.2. The van der Waals surface area contributed by atoms with Crippen molar-refractivity contribution < 1.29 is 18.9 Å². The second kappa shape index (κ2) is 18.1. The summed E-state index contributed by atoms with van der Waals surface area (Å²) in [5.41, 5.74) is 1.37. The number of aldehydes is 1. The van der Waals surface area contributed by atoms with Crippen LogP contribution in [0.4, 0.5) is 10.1 Å². The van der Waals surface area contributed by atoms with Crippen LogP contribution in [0.15, 0.2) is 42.5 Å². The fourth-order valence-electron chi connectivity index (χ4n) is 2.63. The molecule has 2 aromatic rings. The number of aliphatic hydroxyl groups is 1. The molecule has 2 unspecified atom stereocenters. The van der Waals surface area contributed by atoms with Gasteiger partial charge in [0.2, 0.25) is 0 Å². The number of hydrogen-bond acceptors (Lipinski definition) is 6. The van der Waals surface area contributed by atoms with Crippen LogP contribution in [0.5, 0.6) is 0 Å². The van der Waals surface area contributed by atoms with Gasteiger partial charge in [-0.05, 0) is 61.9 Å². The summed E-state index contributed by atoms with van der Waals surface area (Å²) < 4.78 is 22.7. The number of carbonyl (C=O) groups excluding carboxylic acids is 1. The van der Waals surface area contributed by atoms with Gasteiger partial charge in [-0.3, -0.25) is 9.36 Å². The number of aliphatic hydroxyl groups excluding tert-OH is 1. The van der Waals surface area contributed by atoms with Gasteiger partial charge in [-0.25, -0.2) is 4.39 Å². The zero-order valence-electron chi connectivity index (χ0n) is 18.0. The first-order valence-corrected chi connectivity index (χ1v) is 11.9. The number of hydrogen-bond donors (Lipinski definition) is 4. The molecule has 2 atom stereocenters. The van der Waals surface area contributed by atoms with Gasteiger partial charge in [0.15, 0.2) is 8.46 Å². The minimum atomic E-state index is -0.388. The second-order valence-corrected chi connectivity index (χ2v) is 7.52. The molecule has 1 saturated heterocycles. The first-order chi connectivity index (χ1) is 14.9. The molecule has 1 aliphatic heterocycles. The molecular weight excluding hydrogens is 458 g/mol. The van der Waals surface area contributed by atoms with Crippen molar-refractivity contribution in [2.45, 2.75) is 25.9 Å². The number of carbonyl (C=O) groups is 1. The SMILES string of the molecule is CCC1CNCCC1O.CNc1ccc(F)c(Cl)c1.CS.O=Cc1cccc(P=O)c1. The van der Waals surface area contributed by atoms with Gasteiger partial charge in [0.1, 0.15) is 12.1 Å². The van der Waals surface area contributed by atoms with Crippen molar-refractivity contribution in [2.75, 3.05) is 31.7 Å². The lowest BCUT2D eigenvalue weighted by Gasteiger charge is -2.26. The van der Waals surface area contributed by atoms with E-state index in [1.54, 1.807) is 43.6 Å². The maximum atomic E-state index is 12.5. The van der Waals surface area contributed by atoms with E-state index in [0.717, 1.165) is 37.9 Å². The number of thiol groups is 1. The molecule has 1 heterocycles. The van der Waals surface area contributed by atoms with Crippen LogP contribution in [0.3, 0.4) is 0 Å². The molecule has 2 aromatic carbocycles. The predicted octanol–water partition coefficient (Wildman–Crippen LogP) is 4.85. The normalized spacial score (nSPS) is 17.0. The zero-order valence-corrected chi connectivity index (χ0v) is 20.6. The standard InChI is InChI=1S/C7H7ClFN.C7H15NO.C7H5O2P.CH4S/c1-10-5-2-3-7(9)6(8)4-5;1-2-6-5-8-4-3-7(6)9;8-5-6-2-1-3-7(4-6)10-9;1-2/h2-4,10H,1H3;6-9H,2-5H2,1H3;1-5H;2H,1H3. The Morgan fingerprint density at radius 3 is 2.52 bits per heavy atom. The maximum absolute atomic E-state index is 12.5. The van der Waals surface area contributed by atoms with Crippen LogP contribution in [0.2, 0.25) is 5.02 Å². The van der Waals surface area contributed by atoms with Crippen LogP contribution >= 0.6 is 32.7 Å². The van der Waals surface area contributed by atoms with Crippen LogP contribution < -0.4 is 15.9 Å². The Balaban J connectivity index is 0.000000419. The molecule has 3 rings (SSSR count). The molecule has 5 nitrogen and oxygen atoms in total. The van der Waals surface area contributed by atoms with Crippen molar-refractivity contribution in [1.29, 1.82) is 0 Å². The lowest BCUT2D eigenvalue weighted by atomic mass is 9.94. The fraction of sp³-hybridized carbons (Fsp3) is 0.409. The van der Waals surface area contributed by atoms with Gasteiger partial charge in [0.25, 0.3) is 0 Å². The molecule has 9 heteroatoms. The van der Waals surface area contributed by atoms with E-state index in [1.807, 2.05) is 0 Å². The van der Waals surface area contributed by atoms with E-state index in [1.165, 1.54) is 12.1 Å². The summed E-state index contributed by atoms with van der Waals surface area (Å²) >= 11 is 9.01. The lowest BCUT2D eigenvalue weighted by Crippen LogP contribution is -2.39. The minimum absolute atomic E-state index is 0.0450. The molecule has 31 heavy (non-hydrogen) atoms. The van der Waals surface area contributed by atoms with Gasteiger partial charge in [0.05, 0.1) is 11.1 Å². The third-order valence-electron chi connectivity index (χ3n) is 4.41. The second-order valence-electron chi connectivity index (χ2n) is 6.41. The highest BCUT2D eigenvalue weighted by molar-refractivity contribution is 7.79. The molecule has 0 bridgehead atoms. The van der Waals surface area contributed by atoms with E-state index in [0.29, 0.717) is 16.8 Å². The first kappa shape index (κ1) is 29.5. The third kappa shape index (κ3) is 12.2. The molecule has 3 N–H and O–H groups in total. The van der Waals surface area contributed by atoms with Crippen molar-refractivity contribution in [2.24, 2.45) is 5.92 Å². The molecule has 0 amide bonds. The Morgan fingerprint density at radius 2 is 2.03 bits per heavy atom. The van der Waals surface area contributed by atoms with E-state index < -0.39 is 0 Å². The number of rotatable bonds is 4. The van der Waals surface area contributed by atoms with Crippen molar-refractivity contribution in [3.05, 3.63) is 58.9 Å². The molecule has 0 spiro atoms. The highest BCUT2D eigenvalue weighted by Crippen LogP contribution is 2.18. The number of benzene rings is 2. The van der Waals surface area contributed by atoms with Crippen LogP contribution in [0.1, 0.15) is 30.1 Å². The highest BCUT2D eigenvalue weighted by Gasteiger charge is 2.20. The lowest BCUT2D eigenvalue weighted by molar-refractivity contribution is 0.0771. The fourth-order valence-corrected chi connectivity index (χ4v) is 3.16. The summed E-state index contributed by atoms with van der Waals surface area (Å²) in [5.74, 6) is 0.111. The number of nitrogens with one attached hydrogen (secondary N) is 2. The highest BCUT2D eigenvalue weighted by atomic mass is 35.5. The molecule has 172 valence electrons. The molecular formula is C22H31ClFN2O3PS. The van der Waals surface area contributed by atoms with E-state index in [4.69, 9.17) is 11.6 Å². The average molecular weight is 489 g/mol. The van der Waals surface area contributed by atoms with Gasteiger partial charge in [-0.1, -0.05) is 30.7 Å². The van der Waals surface area contributed by atoms with Crippen molar-refractivity contribution in [3.8, 4) is 0 Å². The Labute approximate surface area is 196 Å². The number of halogens is 2. The van der Waals surface area contributed by atoms with E-state index >= 15 is 0 Å². The Bertz CT molecular complexity index is 763. The van der Waals surface area contributed by atoms with Crippen molar-refractivity contribution in [1.82, 2.24) is 5.32 Å². The number of piperidine rings is 1. The Morgan fingerprint density at radius 1 is 1.32 bits per heavy atom. The van der Waals surface area contributed by atoms with Gasteiger partial charge in [-0.15, -0.1) is 0 Å². The topological polar surface area (TPSA) is 78.4 Å². The molecule has 0 aromatic heterocycles. The summed E-state index contributed by atoms with van der Waals surface area (Å²) in [7, 11) is 1.71. The minimum Gasteiger partial charge on any atom is -0.393 e. The van der Waals surface area contributed by atoms with Crippen LogP contribution in [0, 0.1) is 11.7 Å². The van der Waals surface area contributed by atoms with Gasteiger partial charge in [-0.2, -0.15) is 12.6 Å². The molecule has 1 fully saturated rings. The van der Waals surface area contributed by atoms with Crippen LogP contribution in [-0.4, -0.2) is 43.9 Å². The van der Waals surface area contributed by atoms with Crippen molar-refractivity contribution in [3.63, 3.8) is 0 Å². The summed E-state index contributed by atoms with van der Waals surface area (Å²) in [4.78, 5) is 10.2. The van der Waals surface area contributed by atoms with Crippen molar-refractivity contribution >= 4 is 50.0 Å². The summed E-state index contributed by atoms with van der Waals surface area (Å²) in [6.07, 6.45) is 4.40.